The van der Waals surface area contributed by atoms with E-state index in [0.29, 0.717) is 0 Å². The van der Waals surface area contributed by atoms with Crippen LogP contribution in [0.2, 0.25) is 0 Å². The van der Waals surface area contributed by atoms with Gasteiger partial charge in [0.05, 0.1) is 6.04 Å². The molecule has 3 aromatic carbocycles. The van der Waals surface area contributed by atoms with E-state index in [-0.39, 0.29) is 6.04 Å². The van der Waals surface area contributed by atoms with Gasteiger partial charge in [0.15, 0.2) is 0 Å². The molecule has 0 fully saturated rings. The largest absolute Gasteiger partial charge is 0.478 e. The smallest absolute Gasteiger partial charge is 0.328 e. The lowest BCUT2D eigenvalue weighted by Crippen LogP contribution is -2.23. The van der Waals surface area contributed by atoms with Gasteiger partial charge in [0.25, 0.3) is 0 Å². The number of rotatable bonds is 5. The Balaban J connectivity index is 1.57. The van der Waals surface area contributed by atoms with Crippen LogP contribution in [0.15, 0.2) is 78.9 Å². The number of hydrogen-bond acceptors (Lipinski definition) is 2. The van der Waals surface area contributed by atoms with Crippen LogP contribution in [0.5, 0.6) is 0 Å². The standard InChI is InChI=1S/C25H23NO2/c27-24(28)16-13-18-9-11-19(12-10-18)17-26-25-22-7-3-1-5-20(22)14-15-21-6-2-4-8-23(21)25/h1-13,16,25-26H,14-15,17H2,(H,27,28). The fraction of sp³-hybridized carbons (Fsp3) is 0.160. The van der Waals surface area contributed by atoms with Gasteiger partial charge in [-0.25, -0.2) is 4.79 Å². The molecule has 0 aliphatic heterocycles. The van der Waals surface area contributed by atoms with Crippen LogP contribution >= 0.6 is 0 Å². The number of hydrogen-bond donors (Lipinski definition) is 2. The highest BCUT2D eigenvalue weighted by Crippen LogP contribution is 2.32. The van der Waals surface area contributed by atoms with E-state index in [1.54, 1.807) is 6.08 Å². The van der Waals surface area contributed by atoms with Gasteiger partial charge in [-0.3, -0.25) is 0 Å². The maximum atomic E-state index is 10.6. The van der Waals surface area contributed by atoms with Gasteiger partial charge in [-0.1, -0.05) is 72.8 Å². The summed E-state index contributed by atoms with van der Waals surface area (Å²) in [5.41, 5.74) is 7.58. The van der Waals surface area contributed by atoms with Gasteiger partial charge < -0.3 is 10.4 Å². The number of carbonyl (C=O) groups is 1. The molecule has 28 heavy (non-hydrogen) atoms. The van der Waals surface area contributed by atoms with Crippen LogP contribution in [0.1, 0.15) is 39.4 Å². The predicted octanol–water partition coefficient (Wildman–Crippen LogP) is 4.76. The van der Waals surface area contributed by atoms with Crippen LogP contribution in [-0.4, -0.2) is 11.1 Å². The highest BCUT2D eigenvalue weighted by Gasteiger charge is 2.22. The molecule has 0 amide bonds. The third-order valence-corrected chi connectivity index (χ3v) is 5.30. The van der Waals surface area contributed by atoms with Gasteiger partial charge in [-0.2, -0.15) is 0 Å². The molecule has 140 valence electrons. The van der Waals surface area contributed by atoms with Crippen molar-refractivity contribution in [1.29, 1.82) is 0 Å². The average Bonchev–Trinajstić information content (AvgIpc) is 2.88. The minimum atomic E-state index is -0.934. The summed E-state index contributed by atoms with van der Waals surface area (Å²) in [5.74, 6) is -0.934. The lowest BCUT2D eigenvalue weighted by Gasteiger charge is -2.22. The highest BCUT2D eigenvalue weighted by molar-refractivity contribution is 5.85. The maximum absolute atomic E-state index is 10.6. The summed E-state index contributed by atoms with van der Waals surface area (Å²) in [6, 6.07) is 25.6. The Morgan fingerprint density at radius 3 is 2.04 bits per heavy atom. The number of aliphatic carboxylic acids is 1. The number of benzene rings is 3. The zero-order chi connectivity index (χ0) is 19.3. The van der Waals surface area contributed by atoms with E-state index in [0.717, 1.165) is 31.0 Å². The van der Waals surface area contributed by atoms with Crippen LogP contribution in [0.25, 0.3) is 6.08 Å². The molecule has 0 saturated carbocycles. The fourth-order valence-electron chi connectivity index (χ4n) is 3.88. The summed E-state index contributed by atoms with van der Waals surface area (Å²) in [6.45, 7) is 0.746. The van der Waals surface area contributed by atoms with Crippen molar-refractivity contribution in [3.05, 3.63) is 112 Å². The number of aryl methyl sites for hydroxylation is 2. The van der Waals surface area contributed by atoms with Crippen molar-refractivity contribution in [2.45, 2.75) is 25.4 Å². The average molecular weight is 369 g/mol. The molecule has 0 atom stereocenters. The van der Waals surface area contributed by atoms with Crippen LogP contribution in [-0.2, 0) is 24.2 Å². The van der Waals surface area contributed by atoms with E-state index in [9.17, 15) is 4.79 Å². The zero-order valence-electron chi connectivity index (χ0n) is 15.6. The number of fused-ring (bicyclic) bond motifs is 2. The topological polar surface area (TPSA) is 49.3 Å². The Bertz CT molecular complexity index is 958. The van der Waals surface area contributed by atoms with E-state index in [1.165, 1.54) is 27.8 Å². The van der Waals surface area contributed by atoms with Gasteiger partial charge in [-0.15, -0.1) is 0 Å². The summed E-state index contributed by atoms with van der Waals surface area (Å²) < 4.78 is 0. The van der Waals surface area contributed by atoms with Gasteiger partial charge in [0, 0.05) is 12.6 Å². The minimum absolute atomic E-state index is 0.168. The predicted molar refractivity (Wildman–Crippen MR) is 112 cm³/mol. The molecule has 0 unspecified atom stereocenters. The minimum Gasteiger partial charge on any atom is -0.478 e. The van der Waals surface area contributed by atoms with Gasteiger partial charge in [0.2, 0.25) is 0 Å². The first-order valence-corrected chi connectivity index (χ1v) is 9.59. The molecule has 4 rings (SSSR count). The normalized spacial score (nSPS) is 13.7. The van der Waals surface area contributed by atoms with E-state index in [4.69, 9.17) is 5.11 Å². The zero-order valence-corrected chi connectivity index (χ0v) is 15.6. The molecule has 0 radical (unpaired) electrons. The third-order valence-electron chi connectivity index (χ3n) is 5.30. The maximum Gasteiger partial charge on any atom is 0.328 e. The van der Waals surface area contributed by atoms with Gasteiger partial charge in [0.1, 0.15) is 0 Å². The lowest BCUT2D eigenvalue weighted by molar-refractivity contribution is -0.131. The molecule has 1 aliphatic rings. The Labute approximate surface area is 165 Å². The van der Waals surface area contributed by atoms with Crippen molar-refractivity contribution in [1.82, 2.24) is 5.32 Å². The lowest BCUT2D eigenvalue weighted by atomic mass is 9.94. The molecular formula is C25H23NO2. The van der Waals surface area contributed by atoms with E-state index < -0.39 is 5.97 Å². The molecule has 0 heterocycles. The Kier molecular flexibility index (Phi) is 5.36. The second-order valence-corrected chi connectivity index (χ2v) is 7.12. The molecule has 3 aromatic rings. The summed E-state index contributed by atoms with van der Waals surface area (Å²) in [6.07, 6.45) is 4.90. The number of carboxylic acids is 1. The van der Waals surface area contributed by atoms with Gasteiger partial charge in [-0.05, 0) is 52.3 Å². The van der Waals surface area contributed by atoms with Crippen molar-refractivity contribution in [3.8, 4) is 0 Å². The fourth-order valence-corrected chi connectivity index (χ4v) is 3.88. The molecule has 0 saturated heterocycles. The summed E-state index contributed by atoms with van der Waals surface area (Å²) in [5, 5.41) is 12.5. The number of nitrogens with one attached hydrogen (secondary N) is 1. The monoisotopic (exact) mass is 369 g/mol. The molecule has 0 bridgehead atoms. The SMILES string of the molecule is O=C(O)C=Cc1ccc(CNC2c3ccccc3CCc3ccccc32)cc1. The van der Waals surface area contributed by atoms with Crippen molar-refractivity contribution in [3.63, 3.8) is 0 Å². The van der Waals surface area contributed by atoms with Gasteiger partial charge >= 0.3 is 5.97 Å². The van der Waals surface area contributed by atoms with Crippen molar-refractivity contribution in [2.75, 3.05) is 0 Å². The number of carboxylic acid groups (broad SMARTS) is 1. The molecular weight excluding hydrogens is 346 g/mol. The molecule has 3 nitrogen and oxygen atoms in total. The molecule has 3 heteroatoms. The summed E-state index contributed by atoms with van der Waals surface area (Å²) in [4.78, 5) is 10.6. The summed E-state index contributed by atoms with van der Waals surface area (Å²) >= 11 is 0. The van der Waals surface area contributed by atoms with Crippen molar-refractivity contribution < 1.29 is 9.90 Å². The first kappa shape index (κ1) is 18.2. The van der Waals surface area contributed by atoms with E-state index in [1.807, 2.05) is 24.3 Å². The second kappa shape index (κ2) is 8.24. The summed E-state index contributed by atoms with van der Waals surface area (Å²) in [7, 11) is 0. The Hall–Kier alpha value is -3.17. The first-order chi connectivity index (χ1) is 13.7. The Morgan fingerprint density at radius 2 is 1.46 bits per heavy atom. The van der Waals surface area contributed by atoms with Crippen molar-refractivity contribution >= 4 is 12.0 Å². The second-order valence-electron chi connectivity index (χ2n) is 7.12. The molecule has 2 N–H and O–H groups in total. The van der Waals surface area contributed by atoms with Crippen LogP contribution in [0, 0.1) is 0 Å². The molecule has 1 aliphatic carbocycles. The third kappa shape index (κ3) is 4.05. The van der Waals surface area contributed by atoms with Crippen LogP contribution in [0.4, 0.5) is 0 Å². The van der Waals surface area contributed by atoms with Crippen molar-refractivity contribution in [2.24, 2.45) is 0 Å². The highest BCUT2D eigenvalue weighted by atomic mass is 16.4. The van der Waals surface area contributed by atoms with E-state index in [2.05, 4.69) is 53.8 Å². The van der Waals surface area contributed by atoms with Crippen LogP contribution in [0.3, 0.4) is 0 Å². The molecule has 0 aromatic heterocycles. The van der Waals surface area contributed by atoms with Crippen LogP contribution < -0.4 is 5.32 Å². The molecule has 0 spiro atoms. The first-order valence-electron chi connectivity index (χ1n) is 9.59. The van der Waals surface area contributed by atoms with E-state index >= 15 is 0 Å². The quantitative estimate of drug-likeness (QED) is 0.638. The Morgan fingerprint density at radius 1 is 0.893 bits per heavy atom.